The maximum atomic E-state index is 11.6. The van der Waals surface area contributed by atoms with E-state index in [0.29, 0.717) is 17.1 Å². The molecule has 1 amide bonds. The van der Waals surface area contributed by atoms with Crippen molar-refractivity contribution in [3.05, 3.63) is 36.4 Å². The van der Waals surface area contributed by atoms with Crippen LogP contribution in [0, 0.1) is 0 Å². The molecule has 0 spiro atoms. The zero-order chi connectivity index (χ0) is 19.1. The van der Waals surface area contributed by atoms with Crippen LogP contribution in [0.1, 0.15) is 20.3 Å². The number of nitrogen functional groups attached to an aromatic ring is 1. The van der Waals surface area contributed by atoms with Crippen LogP contribution >= 0.6 is 0 Å². The number of azo groups is 1. The molecule has 0 unspecified atom stereocenters. The topological polar surface area (TPSA) is 145 Å². The zero-order valence-electron chi connectivity index (χ0n) is 14.5. The summed E-state index contributed by atoms with van der Waals surface area (Å²) in [5.41, 5.74) is 12.0. The summed E-state index contributed by atoms with van der Waals surface area (Å²) in [5.74, 6) is -0.100. The van der Waals surface area contributed by atoms with Crippen LogP contribution in [0.15, 0.2) is 46.6 Å². The molecule has 0 saturated heterocycles. The first kappa shape index (κ1) is 19.0. The van der Waals surface area contributed by atoms with Gasteiger partial charge >= 0.3 is 5.97 Å². The molecule has 1 heterocycles. The second-order valence-electron chi connectivity index (χ2n) is 5.37. The van der Waals surface area contributed by atoms with Gasteiger partial charge in [0, 0.05) is 6.42 Å². The van der Waals surface area contributed by atoms with Crippen molar-refractivity contribution in [2.45, 2.75) is 26.3 Å². The van der Waals surface area contributed by atoms with Gasteiger partial charge in [-0.15, -0.1) is 10.2 Å². The summed E-state index contributed by atoms with van der Waals surface area (Å²) in [7, 11) is 0. The first-order valence-corrected chi connectivity index (χ1v) is 7.95. The quantitative estimate of drug-likeness (QED) is 0.412. The normalized spacial score (nSPS) is 12.0. The summed E-state index contributed by atoms with van der Waals surface area (Å²) >= 11 is 0. The van der Waals surface area contributed by atoms with Crippen molar-refractivity contribution in [3.8, 4) is 5.75 Å². The van der Waals surface area contributed by atoms with E-state index in [9.17, 15) is 9.59 Å². The Labute approximate surface area is 150 Å². The largest absolute Gasteiger partial charge is 0.424 e. The third kappa shape index (κ3) is 5.08. The summed E-state index contributed by atoms with van der Waals surface area (Å²) in [6.45, 7) is 3.26. The van der Waals surface area contributed by atoms with E-state index >= 15 is 0 Å². The third-order valence-electron chi connectivity index (χ3n) is 3.21. The molecule has 1 atom stereocenters. The average molecular weight is 356 g/mol. The van der Waals surface area contributed by atoms with Gasteiger partial charge in [-0.1, -0.05) is 19.1 Å². The number of carbonyl (C=O) groups is 2. The fourth-order valence-corrected chi connectivity index (χ4v) is 1.79. The highest BCUT2D eigenvalue weighted by Gasteiger charge is 2.10. The van der Waals surface area contributed by atoms with Crippen LogP contribution in [0.3, 0.4) is 0 Å². The minimum absolute atomic E-state index is 0.0826. The van der Waals surface area contributed by atoms with E-state index in [4.69, 9.17) is 16.2 Å². The van der Waals surface area contributed by atoms with Crippen molar-refractivity contribution in [3.63, 3.8) is 0 Å². The highest BCUT2D eigenvalue weighted by molar-refractivity contribution is 5.93. The molecular weight excluding hydrogens is 336 g/mol. The van der Waals surface area contributed by atoms with Crippen LogP contribution in [-0.4, -0.2) is 22.9 Å². The standard InChI is InChI=1S/C17H20N6O3/c1-3-15(24)26-13-7-5-4-6-11(13)22-23-12-8-9-14(20-16(12)19)21-17(25)10(2)18/h4-10H,3,18H2,1-2H3,(H3,19,20,21,25)/b23-22+/t10-/m0/s1. The van der Waals surface area contributed by atoms with Crippen LogP contribution in [-0.2, 0) is 9.59 Å². The first-order chi connectivity index (χ1) is 12.4. The third-order valence-corrected chi connectivity index (χ3v) is 3.21. The molecule has 5 N–H and O–H groups in total. The number of hydrogen-bond donors (Lipinski definition) is 3. The van der Waals surface area contributed by atoms with Gasteiger partial charge in [0.25, 0.3) is 0 Å². The Morgan fingerprint density at radius 3 is 2.54 bits per heavy atom. The molecular formula is C17H20N6O3. The molecule has 0 fully saturated rings. The Hall–Kier alpha value is -3.33. The van der Waals surface area contributed by atoms with Gasteiger partial charge in [0.2, 0.25) is 5.91 Å². The lowest BCUT2D eigenvalue weighted by Crippen LogP contribution is -2.32. The van der Waals surface area contributed by atoms with E-state index in [-0.39, 0.29) is 29.9 Å². The lowest BCUT2D eigenvalue weighted by atomic mass is 10.3. The van der Waals surface area contributed by atoms with Crippen LogP contribution in [0.5, 0.6) is 5.75 Å². The van der Waals surface area contributed by atoms with Crippen LogP contribution in [0.2, 0.25) is 0 Å². The van der Waals surface area contributed by atoms with Gasteiger partial charge in [-0.3, -0.25) is 9.59 Å². The number of hydrogen-bond acceptors (Lipinski definition) is 8. The molecule has 9 nitrogen and oxygen atoms in total. The molecule has 0 bridgehead atoms. The summed E-state index contributed by atoms with van der Waals surface area (Å²) in [6, 6.07) is 9.17. The van der Waals surface area contributed by atoms with E-state index in [2.05, 4.69) is 20.5 Å². The maximum Gasteiger partial charge on any atom is 0.310 e. The number of aromatic nitrogens is 1. The van der Waals surface area contributed by atoms with E-state index < -0.39 is 6.04 Å². The van der Waals surface area contributed by atoms with E-state index in [1.54, 1.807) is 44.2 Å². The second kappa shape index (κ2) is 8.67. The molecule has 0 aliphatic rings. The highest BCUT2D eigenvalue weighted by Crippen LogP contribution is 2.30. The lowest BCUT2D eigenvalue weighted by Gasteiger charge is -2.08. The minimum Gasteiger partial charge on any atom is -0.424 e. The van der Waals surface area contributed by atoms with Gasteiger partial charge < -0.3 is 21.5 Å². The molecule has 0 aliphatic heterocycles. The number of amides is 1. The fraction of sp³-hybridized carbons (Fsp3) is 0.235. The number of pyridine rings is 1. The van der Waals surface area contributed by atoms with Crippen molar-refractivity contribution in [2.75, 3.05) is 11.1 Å². The van der Waals surface area contributed by atoms with E-state index in [1.165, 1.54) is 6.07 Å². The molecule has 9 heteroatoms. The maximum absolute atomic E-state index is 11.6. The van der Waals surface area contributed by atoms with Gasteiger partial charge in [-0.2, -0.15) is 0 Å². The van der Waals surface area contributed by atoms with Gasteiger partial charge in [0.1, 0.15) is 17.2 Å². The Morgan fingerprint density at radius 2 is 1.88 bits per heavy atom. The van der Waals surface area contributed by atoms with Gasteiger partial charge in [0.15, 0.2) is 11.6 Å². The van der Waals surface area contributed by atoms with Crippen molar-refractivity contribution in [2.24, 2.45) is 16.0 Å². The Balaban J connectivity index is 2.18. The molecule has 1 aromatic heterocycles. The van der Waals surface area contributed by atoms with Gasteiger partial charge in [-0.05, 0) is 31.2 Å². The number of nitrogens with zero attached hydrogens (tertiary/aromatic N) is 3. The number of ether oxygens (including phenoxy) is 1. The van der Waals surface area contributed by atoms with Crippen molar-refractivity contribution in [1.29, 1.82) is 0 Å². The number of esters is 1. The van der Waals surface area contributed by atoms with Gasteiger partial charge in [-0.25, -0.2) is 4.98 Å². The molecule has 2 aromatic rings. The molecule has 26 heavy (non-hydrogen) atoms. The van der Waals surface area contributed by atoms with Crippen LogP contribution in [0.25, 0.3) is 0 Å². The summed E-state index contributed by atoms with van der Waals surface area (Å²) in [5, 5.41) is 10.6. The number of nitrogens with two attached hydrogens (primary N) is 2. The van der Waals surface area contributed by atoms with Crippen molar-refractivity contribution >= 4 is 34.9 Å². The number of nitrogens with one attached hydrogen (secondary N) is 1. The molecule has 0 saturated carbocycles. The number of rotatable bonds is 6. The van der Waals surface area contributed by atoms with E-state index in [0.717, 1.165) is 0 Å². The fourth-order valence-electron chi connectivity index (χ4n) is 1.79. The number of para-hydroxylation sites is 1. The second-order valence-corrected chi connectivity index (χ2v) is 5.37. The predicted octanol–water partition coefficient (Wildman–Crippen LogP) is 2.68. The lowest BCUT2D eigenvalue weighted by molar-refractivity contribution is -0.134. The smallest absolute Gasteiger partial charge is 0.310 e. The Morgan fingerprint density at radius 1 is 1.19 bits per heavy atom. The molecule has 136 valence electrons. The SMILES string of the molecule is CCC(=O)Oc1ccccc1/N=N/c1ccc(NC(=O)[C@H](C)N)nc1N. The van der Waals surface area contributed by atoms with Crippen LogP contribution in [0.4, 0.5) is 23.0 Å². The number of anilines is 2. The number of benzene rings is 1. The molecule has 2 rings (SSSR count). The Kier molecular flexibility index (Phi) is 6.34. The summed E-state index contributed by atoms with van der Waals surface area (Å²) in [6.07, 6.45) is 0.247. The molecule has 1 aromatic carbocycles. The summed E-state index contributed by atoms with van der Waals surface area (Å²) in [4.78, 5) is 27.1. The van der Waals surface area contributed by atoms with E-state index in [1.807, 2.05) is 0 Å². The average Bonchev–Trinajstić information content (AvgIpc) is 2.62. The van der Waals surface area contributed by atoms with Crippen LogP contribution < -0.4 is 21.5 Å². The monoisotopic (exact) mass is 356 g/mol. The molecule has 0 radical (unpaired) electrons. The molecule has 0 aliphatic carbocycles. The zero-order valence-corrected chi connectivity index (χ0v) is 14.5. The summed E-state index contributed by atoms with van der Waals surface area (Å²) < 4.78 is 5.20. The van der Waals surface area contributed by atoms with Crippen molar-refractivity contribution in [1.82, 2.24) is 4.98 Å². The Bertz CT molecular complexity index is 835. The predicted molar refractivity (Wildman–Crippen MR) is 97.5 cm³/mol. The van der Waals surface area contributed by atoms with Crippen molar-refractivity contribution < 1.29 is 14.3 Å². The highest BCUT2D eigenvalue weighted by atomic mass is 16.5. The number of carbonyl (C=O) groups excluding carboxylic acids is 2. The van der Waals surface area contributed by atoms with Gasteiger partial charge in [0.05, 0.1) is 6.04 Å². The first-order valence-electron chi connectivity index (χ1n) is 7.95. The minimum atomic E-state index is -0.667.